The molecule has 0 aliphatic carbocycles. The zero-order valence-corrected chi connectivity index (χ0v) is 27.0. The van der Waals surface area contributed by atoms with E-state index in [-0.39, 0.29) is 10.3 Å². The fourth-order valence-corrected chi connectivity index (χ4v) is 153. The molecule has 0 amide bonds. The Morgan fingerprint density at radius 2 is 1.11 bits per heavy atom. The third kappa shape index (κ3) is 2.42. The maximum Gasteiger partial charge on any atom is 0.303 e. The van der Waals surface area contributed by atoms with Gasteiger partial charge in [-0.1, -0.05) is 102 Å². The standard InChI is InChI=1S/C20H46O2Si6/c1-14-15-16-17-22-18(21)20-26(8,9)23(2,3)19(24(4,5)27(20,10)11)25(6,7)28(20,12)13/h15-16,19H,14,17H2,1-13H3/b16-15-. The summed E-state index contributed by atoms with van der Waals surface area (Å²) in [5, 5.41) is 0. The van der Waals surface area contributed by atoms with E-state index in [9.17, 15) is 4.79 Å². The second-order valence-corrected chi connectivity index (χ2v) is 62.8. The zero-order chi connectivity index (χ0) is 22.2. The van der Waals surface area contributed by atoms with Gasteiger partial charge in [0, 0.05) is 27.1 Å². The summed E-state index contributed by atoms with van der Waals surface area (Å²) >= 11 is 0. The molecule has 28 heavy (non-hydrogen) atoms. The van der Waals surface area contributed by atoms with Crippen molar-refractivity contribution in [2.45, 2.75) is 101 Å². The second kappa shape index (κ2) is 6.75. The molecule has 0 aromatic heterocycles. The Hall–Kier alpha value is 0.511. The van der Waals surface area contributed by atoms with Crippen molar-refractivity contribution in [3.05, 3.63) is 12.2 Å². The highest BCUT2D eigenvalue weighted by molar-refractivity contribution is 7.78. The van der Waals surface area contributed by atoms with E-state index in [1.807, 2.05) is 0 Å². The number of allylic oxidation sites excluding steroid dienone is 1. The molecule has 3 aliphatic rings. The van der Waals surface area contributed by atoms with Crippen molar-refractivity contribution in [3.63, 3.8) is 0 Å². The minimum atomic E-state index is -1.79. The molecular weight excluding hydrogens is 441 g/mol. The molecule has 2 nitrogen and oxygen atoms in total. The van der Waals surface area contributed by atoms with Crippen LogP contribution in [0.15, 0.2) is 12.2 Å². The monoisotopic (exact) mass is 486 g/mol. The van der Waals surface area contributed by atoms with E-state index in [1.165, 1.54) is 0 Å². The van der Waals surface area contributed by atoms with Crippen LogP contribution in [0, 0.1) is 0 Å². The Bertz CT molecular complexity index is 621. The summed E-state index contributed by atoms with van der Waals surface area (Å²) in [7, 11) is -9.95. The van der Waals surface area contributed by atoms with Crippen LogP contribution in [0.5, 0.6) is 0 Å². The van der Waals surface area contributed by atoms with Gasteiger partial charge in [0.15, 0.2) is 0 Å². The van der Waals surface area contributed by atoms with E-state index < -0.39 is 45.5 Å². The van der Waals surface area contributed by atoms with Crippen LogP contribution in [-0.2, 0) is 9.53 Å². The van der Waals surface area contributed by atoms with Crippen LogP contribution < -0.4 is 0 Å². The molecule has 8 heteroatoms. The summed E-state index contributed by atoms with van der Waals surface area (Å²) < 4.78 is 6.22. The van der Waals surface area contributed by atoms with E-state index in [0.29, 0.717) is 6.61 Å². The van der Waals surface area contributed by atoms with Crippen LogP contribution >= 0.6 is 0 Å². The molecule has 0 unspecified atom stereocenters. The molecular formula is C20H46O2Si6. The van der Waals surface area contributed by atoms with Crippen molar-refractivity contribution < 1.29 is 9.53 Å². The Labute approximate surface area is 180 Å². The summed E-state index contributed by atoms with van der Waals surface area (Å²) in [4.78, 5) is 15.4. The molecule has 0 aromatic carbocycles. The van der Waals surface area contributed by atoms with Crippen molar-refractivity contribution in [2.75, 3.05) is 6.61 Å². The van der Waals surface area contributed by atoms with Crippen molar-refractivity contribution in [1.29, 1.82) is 0 Å². The molecule has 162 valence electrons. The van der Waals surface area contributed by atoms with Gasteiger partial charge in [-0.25, -0.2) is 0 Å². The maximum absolute atomic E-state index is 14.4. The highest BCUT2D eigenvalue weighted by Crippen LogP contribution is 2.74. The summed E-state index contributed by atoms with van der Waals surface area (Å²) in [6.45, 7) is 34.7. The first-order valence-corrected chi connectivity index (χ1v) is 32.4. The van der Waals surface area contributed by atoms with Gasteiger partial charge < -0.3 is 4.74 Å². The maximum atomic E-state index is 14.4. The van der Waals surface area contributed by atoms with Crippen molar-refractivity contribution in [3.8, 4) is 0 Å². The molecule has 0 atom stereocenters. The summed E-state index contributed by atoms with van der Waals surface area (Å²) in [6, 6.07) is 0. The third-order valence-corrected chi connectivity index (χ3v) is 100.0. The quantitative estimate of drug-likeness (QED) is 0.265. The first-order chi connectivity index (χ1) is 12.3. The zero-order valence-electron chi connectivity index (χ0n) is 21.0. The Balaban J connectivity index is 2.87. The summed E-state index contributed by atoms with van der Waals surface area (Å²) in [5.41, 5.74) is 0. The van der Waals surface area contributed by atoms with Gasteiger partial charge in [0.1, 0.15) is 6.61 Å². The molecule has 3 fully saturated rings. The van der Waals surface area contributed by atoms with E-state index in [2.05, 4.69) is 97.6 Å². The number of hydrogen-bond donors (Lipinski definition) is 0. The SMILES string of the molecule is CC/C=C\COC(=O)C12[Si](C)(C)[Si](C)(C)C([Si](C)(C)[Si]1(C)C)[Si](C)(C)[Si]2(C)C. The van der Waals surface area contributed by atoms with E-state index in [4.69, 9.17) is 4.74 Å². The molecule has 2 bridgehead atoms. The first kappa shape index (κ1) is 24.8. The van der Waals surface area contributed by atoms with Gasteiger partial charge in [-0.05, 0) is 6.42 Å². The fourth-order valence-electron chi connectivity index (χ4n) is 8.81. The number of ether oxygens (including phenoxy) is 1. The summed E-state index contributed by atoms with van der Waals surface area (Å²) in [6.07, 6.45) is 5.20. The second-order valence-electron chi connectivity index (χ2n) is 12.7. The number of hydrogen-bond acceptors (Lipinski definition) is 2. The molecule has 3 heterocycles. The van der Waals surface area contributed by atoms with E-state index in [0.717, 1.165) is 11.2 Å². The normalized spacial score (nSPS) is 35.7. The largest absolute Gasteiger partial charge is 0.462 e. The van der Waals surface area contributed by atoms with Gasteiger partial charge in [-0.15, -0.1) is 0 Å². The lowest BCUT2D eigenvalue weighted by Gasteiger charge is -2.83. The third-order valence-electron chi connectivity index (χ3n) is 10.8. The molecule has 0 N–H and O–H groups in total. The van der Waals surface area contributed by atoms with Gasteiger partial charge in [0.05, 0.1) is 22.8 Å². The van der Waals surface area contributed by atoms with Crippen LogP contribution in [0.4, 0.5) is 0 Å². The van der Waals surface area contributed by atoms with Crippen LogP contribution in [0.1, 0.15) is 13.3 Å². The van der Waals surface area contributed by atoms with Gasteiger partial charge in [-0.2, -0.15) is 0 Å². The molecule has 0 radical (unpaired) electrons. The first-order valence-electron chi connectivity index (χ1n) is 11.2. The van der Waals surface area contributed by atoms with Gasteiger partial charge in [0.25, 0.3) is 0 Å². The van der Waals surface area contributed by atoms with E-state index in [1.54, 1.807) is 0 Å². The lowest BCUT2D eigenvalue weighted by molar-refractivity contribution is -0.142. The highest BCUT2D eigenvalue weighted by atomic mass is 29.4. The predicted molar refractivity (Wildman–Crippen MR) is 142 cm³/mol. The van der Waals surface area contributed by atoms with Crippen molar-refractivity contribution >= 4 is 51.5 Å². The Morgan fingerprint density at radius 3 is 1.43 bits per heavy atom. The molecule has 3 rings (SSSR count). The fraction of sp³-hybridized carbons (Fsp3) is 0.850. The number of fused-ring (bicyclic) bond motifs is 3. The minimum Gasteiger partial charge on any atom is -0.462 e. The van der Waals surface area contributed by atoms with Gasteiger partial charge in [-0.3, -0.25) is 4.79 Å². The number of carbonyl (C=O) groups excluding carboxylic acids is 1. The molecule has 0 aromatic rings. The Morgan fingerprint density at radius 1 is 0.750 bits per heavy atom. The highest BCUT2D eigenvalue weighted by Gasteiger charge is 2.89. The summed E-state index contributed by atoms with van der Waals surface area (Å²) in [5.74, 6) is 0.276. The topological polar surface area (TPSA) is 26.3 Å². The van der Waals surface area contributed by atoms with Crippen LogP contribution in [-0.4, -0.2) is 58.1 Å². The average Bonchev–Trinajstić information content (AvgIpc) is 2.47. The number of rotatable bonds is 4. The molecule has 3 saturated heterocycles. The number of carbonyl (C=O) groups is 1. The van der Waals surface area contributed by atoms with Crippen LogP contribution in [0.3, 0.4) is 0 Å². The van der Waals surface area contributed by atoms with E-state index >= 15 is 0 Å². The minimum absolute atomic E-state index is 0.0109. The lowest BCUT2D eigenvalue weighted by Crippen LogP contribution is -3.01. The van der Waals surface area contributed by atoms with Crippen LogP contribution in [0.2, 0.25) is 87.6 Å². The van der Waals surface area contributed by atoms with Crippen molar-refractivity contribution in [1.82, 2.24) is 0 Å². The smallest absolute Gasteiger partial charge is 0.303 e. The van der Waals surface area contributed by atoms with Crippen LogP contribution in [0.25, 0.3) is 0 Å². The molecule has 0 saturated carbocycles. The molecule has 0 spiro atoms. The molecule has 3 aliphatic heterocycles. The van der Waals surface area contributed by atoms with Gasteiger partial charge >= 0.3 is 5.97 Å². The van der Waals surface area contributed by atoms with Gasteiger partial charge in [0.2, 0.25) is 0 Å². The van der Waals surface area contributed by atoms with Crippen molar-refractivity contribution in [2.24, 2.45) is 0 Å². The Kier molecular flexibility index (Phi) is 5.98. The predicted octanol–water partition coefficient (Wildman–Crippen LogP) is 6.28. The average molecular weight is 487 g/mol. The lowest BCUT2D eigenvalue weighted by atomic mass is 10.4. The number of esters is 1.